The van der Waals surface area contributed by atoms with E-state index in [2.05, 4.69) is 20.6 Å². The summed E-state index contributed by atoms with van der Waals surface area (Å²) in [5.74, 6) is -0.800. The van der Waals surface area contributed by atoms with E-state index in [0.29, 0.717) is 36.8 Å². The van der Waals surface area contributed by atoms with Crippen LogP contribution in [0.15, 0.2) is 18.2 Å². The fourth-order valence-corrected chi connectivity index (χ4v) is 3.97. The Hall–Kier alpha value is -2.43. The van der Waals surface area contributed by atoms with E-state index in [-0.39, 0.29) is 29.8 Å². The Morgan fingerprint density at radius 2 is 2.10 bits per heavy atom. The number of anilines is 1. The molecule has 1 aromatic heterocycles. The third-order valence-corrected chi connectivity index (χ3v) is 5.55. The van der Waals surface area contributed by atoms with Gasteiger partial charge >= 0.3 is 0 Å². The lowest BCUT2D eigenvalue weighted by molar-refractivity contribution is -0.145. The zero-order valence-corrected chi connectivity index (χ0v) is 17.4. The molecule has 166 valence electrons. The average molecular weight is 456 g/mol. The van der Waals surface area contributed by atoms with E-state index >= 15 is 0 Å². The lowest BCUT2D eigenvalue weighted by atomic mass is 10.0. The summed E-state index contributed by atoms with van der Waals surface area (Å²) in [6.07, 6.45) is -3.49. The molecule has 2 N–H and O–H groups in total. The van der Waals surface area contributed by atoms with Gasteiger partial charge in [-0.05, 0) is 18.5 Å². The number of rotatable bonds is 5. The number of ether oxygens (including phenoxy) is 1. The lowest BCUT2D eigenvalue weighted by Crippen LogP contribution is -2.48. The number of alkyl halides is 2. The molecular weight excluding hydrogens is 435 g/mol. The van der Waals surface area contributed by atoms with Crippen LogP contribution in [0, 0.1) is 5.82 Å². The zero-order chi connectivity index (χ0) is 22.1. The Morgan fingerprint density at radius 3 is 2.81 bits per heavy atom. The summed E-state index contributed by atoms with van der Waals surface area (Å²) in [5.41, 5.74) is 0.649. The van der Waals surface area contributed by atoms with E-state index in [9.17, 15) is 18.0 Å². The molecule has 1 amide bonds. The van der Waals surface area contributed by atoms with Crippen molar-refractivity contribution < 1.29 is 22.7 Å². The molecule has 0 spiro atoms. The number of aromatic nitrogens is 2. The first-order valence-corrected chi connectivity index (χ1v) is 10.2. The van der Waals surface area contributed by atoms with Crippen molar-refractivity contribution in [2.45, 2.75) is 38.6 Å². The summed E-state index contributed by atoms with van der Waals surface area (Å²) in [5, 5.41) is 6.14. The highest BCUT2D eigenvalue weighted by atomic mass is 35.5. The van der Waals surface area contributed by atoms with Crippen molar-refractivity contribution >= 4 is 23.3 Å². The zero-order valence-electron chi connectivity index (χ0n) is 16.7. The van der Waals surface area contributed by atoms with Crippen LogP contribution in [0.2, 0.25) is 5.28 Å². The van der Waals surface area contributed by atoms with Crippen LogP contribution in [0.4, 0.5) is 19.0 Å². The quantitative estimate of drug-likeness (QED) is 0.674. The summed E-state index contributed by atoms with van der Waals surface area (Å²) >= 11 is 6.06. The fourth-order valence-electron chi connectivity index (χ4n) is 3.78. The highest BCUT2D eigenvalue weighted by molar-refractivity contribution is 6.28. The molecular formula is C20H21ClF3N5O2. The molecule has 0 unspecified atom stereocenters. The molecule has 3 heterocycles. The van der Waals surface area contributed by atoms with E-state index in [1.165, 1.54) is 12.1 Å². The van der Waals surface area contributed by atoms with Gasteiger partial charge in [0, 0.05) is 24.2 Å². The summed E-state index contributed by atoms with van der Waals surface area (Å²) < 4.78 is 46.2. The van der Waals surface area contributed by atoms with Crippen molar-refractivity contribution in [3.63, 3.8) is 0 Å². The normalized spacial score (nSPS) is 19.4. The van der Waals surface area contributed by atoms with E-state index < -0.39 is 30.0 Å². The molecule has 2 aliphatic heterocycles. The smallest absolute Gasteiger partial charge is 0.266 e. The van der Waals surface area contributed by atoms with Crippen LogP contribution in [0.3, 0.4) is 0 Å². The number of carbonyl (C=O) groups is 1. The predicted octanol–water partition coefficient (Wildman–Crippen LogP) is 3.21. The first kappa shape index (κ1) is 21.8. The predicted molar refractivity (Wildman–Crippen MR) is 107 cm³/mol. The van der Waals surface area contributed by atoms with Crippen LogP contribution >= 0.6 is 11.6 Å². The van der Waals surface area contributed by atoms with Crippen molar-refractivity contribution in [1.82, 2.24) is 20.2 Å². The molecule has 2 atom stereocenters. The SMILES string of the molecule is C[C@@H](Nc1nc(Cl)nc2c1CN(C(=O)[C@H]1CNCCO1)C2)c1cccc(C(F)F)c1F. The number of amides is 1. The third-order valence-electron chi connectivity index (χ3n) is 5.38. The Balaban J connectivity index is 1.56. The number of hydrogen-bond acceptors (Lipinski definition) is 6. The van der Waals surface area contributed by atoms with E-state index in [1.54, 1.807) is 11.8 Å². The highest BCUT2D eigenvalue weighted by Gasteiger charge is 2.34. The number of hydrogen-bond donors (Lipinski definition) is 2. The number of halogens is 4. The molecule has 1 saturated heterocycles. The second kappa shape index (κ2) is 8.97. The van der Waals surface area contributed by atoms with Crippen LogP contribution in [0.25, 0.3) is 0 Å². The van der Waals surface area contributed by atoms with Gasteiger partial charge in [0.1, 0.15) is 17.7 Å². The minimum Gasteiger partial charge on any atom is -0.366 e. The Bertz CT molecular complexity index is 988. The van der Waals surface area contributed by atoms with Gasteiger partial charge in [-0.2, -0.15) is 0 Å². The van der Waals surface area contributed by atoms with Crippen LogP contribution in [-0.4, -0.2) is 46.6 Å². The summed E-state index contributed by atoms with van der Waals surface area (Å²) in [6.45, 7) is 3.70. The van der Waals surface area contributed by atoms with Crippen LogP contribution < -0.4 is 10.6 Å². The van der Waals surface area contributed by atoms with Crippen molar-refractivity contribution in [3.05, 3.63) is 51.7 Å². The van der Waals surface area contributed by atoms with E-state index in [1.807, 2.05) is 0 Å². The fraction of sp³-hybridized carbons (Fsp3) is 0.450. The minimum atomic E-state index is -2.92. The minimum absolute atomic E-state index is 0.0277. The van der Waals surface area contributed by atoms with Crippen molar-refractivity contribution in [1.29, 1.82) is 0 Å². The lowest BCUT2D eigenvalue weighted by Gasteiger charge is -2.26. The molecule has 31 heavy (non-hydrogen) atoms. The number of benzene rings is 1. The average Bonchev–Trinajstić information content (AvgIpc) is 3.17. The standard InChI is InChI=1S/C20H21ClF3N5O2/c1-10(11-3-2-4-12(16(11)22)17(23)24)26-18-13-8-29(9-14(13)27-20(21)28-18)19(30)15-7-25-5-6-31-15/h2-4,10,15,17,25H,5-9H2,1H3,(H,26,27,28)/t10-,15-/m1/s1. The Morgan fingerprint density at radius 1 is 1.32 bits per heavy atom. The maximum absolute atomic E-state index is 14.6. The van der Waals surface area contributed by atoms with Gasteiger partial charge in [-0.1, -0.05) is 18.2 Å². The maximum Gasteiger partial charge on any atom is 0.266 e. The number of carbonyl (C=O) groups excluding carboxylic acids is 1. The van der Waals surface area contributed by atoms with Gasteiger partial charge < -0.3 is 20.3 Å². The van der Waals surface area contributed by atoms with Crippen LogP contribution in [0.1, 0.15) is 41.8 Å². The molecule has 11 heteroatoms. The van der Waals surface area contributed by atoms with E-state index in [0.717, 1.165) is 6.07 Å². The first-order chi connectivity index (χ1) is 14.8. The Kier molecular flexibility index (Phi) is 6.31. The second-order valence-corrected chi connectivity index (χ2v) is 7.78. The summed E-state index contributed by atoms with van der Waals surface area (Å²) in [6, 6.07) is 3.20. The van der Waals surface area contributed by atoms with Crippen molar-refractivity contribution in [3.8, 4) is 0 Å². The van der Waals surface area contributed by atoms with Gasteiger partial charge in [0.2, 0.25) is 5.28 Å². The van der Waals surface area contributed by atoms with Gasteiger partial charge in [0.15, 0.2) is 0 Å². The second-order valence-electron chi connectivity index (χ2n) is 7.44. The molecule has 0 saturated carbocycles. The number of morpholine rings is 1. The molecule has 1 aromatic carbocycles. The first-order valence-electron chi connectivity index (χ1n) is 9.84. The number of fused-ring (bicyclic) bond motifs is 1. The van der Waals surface area contributed by atoms with E-state index in [4.69, 9.17) is 16.3 Å². The molecule has 2 aliphatic rings. The summed E-state index contributed by atoms with van der Waals surface area (Å²) in [4.78, 5) is 22.8. The van der Waals surface area contributed by atoms with Crippen LogP contribution in [0.5, 0.6) is 0 Å². The Labute approximate surface area is 182 Å². The third kappa shape index (κ3) is 4.46. The number of nitrogens with one attached hydrogen (secondary N) is 2. The molecule has 0 bridgehead atoms. The molecule has 0 radical (unpaired) electrons. The molecule has 4 rings (SSSR count). The van der Waals surface area contributed by atoms with Crippen molar-refractivity contribution in [2.75, 3.05) is 25.0 Å². The maximum atomic E-state index is 14.6. The van der Waals surface area contributed by atoms with Gasteiger partial charge in [-0.15, -0.1) is 0 Å². The topological polar surface area (TPSA) is 79.4 Å². The number of nitrogens with zero attached hydrogens (tertiary/aromatic N) is 3. The van der Waals surface area contributed by atoms with Gasteiger partial charge in [-0.3, -0.25) is 4.79 Å². The summed E-state index contributed by atoms with van der Waals surface area (Å²) in [7, 11) is 0. The van der Waals surface area contributed by atoms with Gasteiger partial charge in [-0.25, -0.2) is 23.1 Å². The molecule has 1 fully saturated rings. The van der Waals surface area contributed by atoms with Gasteiger partial charge in [0.25, 0.3) is 12.3 Å². The van der Waals surface area contributed by atoms with Crippen LogP contribution in [-0.2, 0) is 22.6 Å². The molecule has 2 aromatic rings. The highest BCUT2D eigenvalue weighted by Crippen LogP contribution is 2.33. The van der Waals surface area contributed by atoms with Gasteiger partial charge in [0.05, 0.1) is 37.0 Å². The molecule has 7 nitrogen and oxygen atoms in total. The molecule has 0 aliphatic carbocycles. The monoisotopic (exact) mass is 455 g/mol. The largest absolute Gasteiger partial charge is 0.366 e. The van der Waals surface area contributed by atoms with Crippen molar-refractivity contribution in [2.24, 2.45) is 0 Å².